The Hall–Kier alpha value is -4.20. The monoisotopic (exact) mass is 406 g/mol. The van der Waals surface area contributed by atoms with Crippen LogP contribution >= 0.6 is 0 Å². The summed E-state index contributed by atoms with van der Waals surface area (Å²) < 4.78 is 10.8. The second-order valence-electron chi connectivity index (χ2n) is 6.65. The van der Waals surface area contributed by atoms with Crippen molar-refractivity contribution in [3.05, 3.63) is 64.5 Å². The highest BCUT2D eigenvalue weighted by molar-refractivity contribution is 5.82. The quantitative estimate of drug-likeness (QED) is 0.406. The molecule has 0 aliphatic heterocycles. The smallest absolute Gasteiger partial charge is 0.227 e. The van der Waals surface area contributed by atoms with E-state index in [0.29, 0.717) is 28.4 Å². The number of phenolic OH excluding ortho intramolecular Hbond substituents is 2. The zero-order valence-electron chi connectivity index (χ0n) is 16.1. The van der Waals surface area contributed by atoms with E-state index in [1.54, 1.807) is 31.2 Å². The molecule has 0 aliphatic rings. The summed E-state index contributed by atoms with van der Waals surface area (Å²) in [5.74, 6) is 0.316. The summed E-state index contributed by atoms with van der Waals surface area (Å²) in [6.07, 6.45) is 0. The van der Waals surface area contributed by atoms with Crippen LogP contribution in [0.1, 0.15) is 5.76 Å². The Balaban J connectivity index is 2.00. The molecule has 2 heterocycles. The predicted molar refractivity (Wildman–Crippen MR) is 110 cm³/mol. The Bertz CT molecular complexity index is 1310. The summed E-state index contributed by atoms with van der Waals surface area (Å²) in [4.78, 5) is 19.8. The van der Waals surface area contributed by atoms with Gasteiger partial charge in [-0.15, -0.1) is 0 Å². The van der Waals surface area contributed by atoms with E-state index in [4.69, 9.17) is 9.15 Å². The Kier molecular flexibility index (Phi) is 4.67. The average Bonchev–Trinajstić information content (AvgIpc) is 3.16. The highest BCUT2D eigenvalue weighted by Crippen LogP contribution is 2.39. The van der Waals surface area contributed by atoms with Crippen LogP contribution in [-0.4, -0.2) is 32.4 Å². The molecule has 4 aromatic rings. The van der Waals surface area contributed by atoms with Gasteiger partial charge in [-0.05, 0) is 37.3 Å². The van der Waals surface area contributed by atoms with Crippen molar-refractivity contribution >= 4 is 0 Å². The van der Waals surface area contributed by atoms with Crippen LogP contribution in [0.2, 0.25) is 0 Å². The molecular weight excluding hydrogens is 388 g/mol. The van der Waals surface area contributed by atoms with Gasteiger partial charge in [0.1, 0.15) is 28.7 Å². The number of phenols is 2. The zero-order valence-corrected chi connectivity index (χ0v) is 16.1. The molecule has 0 unspecified atom stereocenters. The summed E-state index contributed by atoms with van der Waals surface area (Å²) in [5.41, 5.74) is 1.17. The van der Waals surface area contributed by atoms with E-state index in [-0.39, 0.29) is 28.7 Å². The normalized spacial score (nSPS) is 10.9. The number of H-pyrrole nitrogens is 1. The van der Waals surface area contributed by atoms with Gasteiger partial charge in [0.2, 0.25) is 11.2 Å². The Morgan fingerprint density at radius 2 is 1.83 bits per heavy atom. The third kappa shape index (κ3) is 3.35. The molecule has 0 bridgehead atoms. The van der Waals surface area contributed by atoms with Crippen LogP contribution in [0.4, 0.5) is 0 Å². The fourth-order valence-corrected chi connectivity index (χ4v) is 3.13. The van der Waals surface area contributed by atoms with Gasteiger partial charge in [-0.25, -0.2) is 4.98 Å². The summed E-state index contributed by atoms with van der Waals surface area (Å²) in [6, 6.07) is 12.3. The third-order valence-corrected chi connectivity index (χ3v) is 4.55. The maximum absolute atomic E-state index is 12.1. The van der Waals surface area contributed by atoms with E-state index in [9.17, 15) is 20.1 Å². The van der Waals surface area contributed by atoms with E-state index in [0.717, 1.165) is 0 Å². The molecule has 2 aromatic heterocycles. The standard InChI is InChI=1S/C22H18N2O6/c1-11-8-16(27)20(28)21(30-11)19-18(12-6-7-15(26)17(10-12)29-2)23-22(24-19)13-4-3-5-14(25)9-13/h3-10,25-26,28H,1-2H3,(H,23,24). The topological polar surface area (TPSA) is 129 Å². The number of benzene rings is 2. The van der Waals surface area contributed by atoms with Crippen molar-refractivity contribution in [1.29, 1.82) is 0 Å². The van der Waals surface area contributed by atoms with Crippen molar-refractivity contribution in [2.24, 2.45) is 0 Å². The largest absolute Gasteiger partial charge is 0.508 e. The number of methoxy groups -OCH3 is 1. The number of ether oxygens (including phenoxy) is 1. The molecule has 2 aromatic carbocycles. The fourth-order valence-electron chi connectivity index (χ4n) is 3.13. The lowest BCUT2D eigenvalue weighted by Crippen LogP contribution is -2.01. The molecule has 4 rings (SSSR count). The number of aromatic hydroxyl groups is 3. The van der Waals surface area contributed by atoms with Crippen LogP contribution in [0, 0.1) is 6.92 Å². The number of aryl methyl sites for hydroxylation is 1. The number of aromatic amines is 1. The second-order valence-corrected chi connectivity index (χ2v) is 6.65. The first-order valence-electron chi connectivity index (χ1n) is 8.98. The first-order chi connectivity index (χ1) is 14.4. The summed E-state index contributed by atoms with van der Waals surface area (Å²) in [6.45, 7) is 1.60. The molecule has 0 saturated carbocycles. The molecule has 0 radical (unpaired) electrons. The number of hydrogen-bond donors (Lipinski definition) is 4. The Morgan fingerprint density at radius 1 is 1.03 bits per heavy atom. The van der Waals surface area contributed by atoms with Gasteiger partial charge in [0.25, 0.3) is 0 Å². The van der Waals surface area contributed by atoms with E-state index < -0.39 is 11.2 Å². The molecule has 152 valence electrons. The number of rotatable bonds is 4. The lowest BCUT2D eigenvalue weighted by molar-refractivity contribution is 0.373. The molecule has 0 saturated heterocycles. The first kappa shape index (κ1) is 19.1. The van der Waals surface area contributed by atoms with Crippen LogP contribution in [-0.2, 0) is 0 Å². The molecule has 0 atom stereocenters. The van der Waals surface area contributed by atoms with Gasteiger partial charge in [-0.2, -0.15) is 0 Å². The number of aromatic nitrogens is 2. The molecule has 0 fully saturated rings. The van der Waals surface area contributed by atoms with Crippen LogP contribution in [0.5, 0.6) is 23.0 Å². The van der Waals surface area contributed by atoms with Crippen LogP contribution in [0.3, 0.4) is 0 Å². The van der Waals surface area contributed by atoms with Gasteiger partial charge in [0, 0.05) is 17.2 Å². The highest BCUT2D eigenvalue weighted by Gasteiger charge is 2.22. The third-order valence-electron chi connectivity index (χ3n) is 4.55. The van der Waals surface area contributed by atoms with Gasteiger partial charge in [-0.3, -0.25) is 4.79 Å². The van der Waals surface area contributed by atoms with Crippen molar-refractivity contribution in [2.75, 3.05) is 7.11 Å². The maximum atomic E-state index is 12.1. The van der Waals surface area contributed by atoms with Crippen molar-refractivity contribution < 1.29 is 24.5 Å². The van der Waals surface area contributed by atoms with Crippen molar-refractivity contribution in [3.8, 4) is 57.1 Å². The molecule has 4 N–H and O–H groups in total. The van der Waals surface area contributed by atoms with Crippen molar-refractivity contribution in [1.82, 2.24) is 9.97 Å². The first-order valence-corrected chi connectivity index (χ1v) is 8.98. The van der Waals surface area contributed by atoms with Crippen molar-refractivity contribution in [3.63, 3.8) is 0 Å². The van der Waals surface area contributed by atoms with Crippen LogP contribution in [0.25, 0.3) is 34.1 Å². The van der Waals surface area contributed by atoms with E-state index >= 15 is 0 Å². The average molecular weight is 406 g/mol. The lowest BCUT2D eigenvalue weighted by atomic mass is 10.1. The number of nitrogens with zero attached hydrogens (tertiary/aromatic N) is 1. The molecule has 8 nitrogen and oxygen atoms in total. The number of nitrogens with one attached hydrogen (secondary N) is 1. The summed E-state index contributed by atoms with van der Waals surface area (Å²) in [5, 5.41) is 30.1. The number of imidazole rings is 1. The van der Waals surface area contributed by atoms with E-state index in [1.807, 2.05) is 0 Å². The Labute approximate surface area is 170 Å². The molecule has 30 heavy (non-hydrogen) atoms. The summed E-state index contributed by atoms with van der Waals surface area (Å²) in [7, 11) is 1.42. The highest BCUT2D eigenvalue weighted by atomic mass is 16.5. The van der Waals surface area contributed by atoms with Crippen LogP contribution < -0.4 is 10.2 Å². The van der Waals surface area contributed by atoms with E-state index in [1.165, 1.54) is 31.4 Å². The number of hydrogen-bond acceptors (Lipinski definition) is 7. The molecular formula is C22H18N2O6. The van der Waals surface area contributed by atoms with Gasteiger partial charge >= 0.3 is 0 Å². The molecule has 0 aliphatic carbocycles. The summed E-state index contributed by atoms with van der Waals surface area (Å²) >= 11 is 0. The van der Waals surface area contributed by atoms with Crippen molar-refractivity contribution in [2.45, 2.75) is 6.92 Å². The molecule has 0 amide bonds. The second kappa shape index (κ2) is 7.32. The minimum absolute atomic E-state index is 0.0449. The van der Waals surface area contributed by atoms with Gasteiger partial charge < -0.3 is 29.5 Å². The van der Waals surface area contributed by atoms with Crippen LogP contribution in [0.15, 0.2) is 57.7 Å². The SMILES string of the molecule is COc1cc(-c2nc(-c3cccc(O)c3)[nH]c2-c2oc(C)cc(=O)c2O)ccc1O. The molecule has 0 spiro atoms. The molecule has 8 heteroatoms. The Morgan fingerprint density at radius 3 is 2.57 bits per heavy atom. The zero-order chi connectivity index (χ0) is 21.4. The fraction of sp³-hybridized carbons (Fsp3) is 0.0909. The van der Waals surface area contributed by atoms with Gasteiger partial charge in [-0.1, -0.05) is 12.1 Å². The minimum Gasteiger partial charge on any atom is -0.508 e. The maximum Gasteiger partial charge on any atom is 0.227 e. The van der Waals surface area contributed by atoms with Gasteiger partial charge in [0.15, 0.2) is 17.3 Å². The van der Waals surface area contributed by atoms with Gasteiger partial charge in [0.05, 0.1) is 7.11 Å². The lowest BCUT2D eigenvalue weighted by Gasteiger charge is -2.08. The van der Waals surface area contributed by atoms with E-state index in [2.05, 4.69) is 9.97 Å². The minimum atomic E-state index is -0.587. The predicted octanol–water partition coefficient (Wildman–Crippen LogP) is 3.80.